The minimum absolute atomic E-state index is 0.0224. The summed E-state index contributed by atoms with van der Waals surface area (Å²) in [5.74, 6) is 1.31. The smallest absolute Gasteiger partial charge is 0.394 e. The SMILES string of the molecule is CN1N=CC(=Nc2cnn(C)c2NCCO)C1=NCCO.O=S(=O)(O)O. The Kier molecular flexibility index (Phi) is 8.27. The van der Waals surface area contributed by atoms with Crippen molar-refractivity contribution >= 4 is 39.7 Å². The third kappa shape index (κ3) is 7.24. The van der Waals surface area contributed by atoms with Gasteiger partial charge in [-0.1, -0.05) is 0 Å². The number of aliphatic hydroxyl groups is 2. The monoisotopic (exact) mass is 391 g/mol. The average molecular weight is 391 g/mol. The highest BCUT2D eigenvalue weighted by molar-refractivity contribution is 7.79. The predicted molar refractivity (Wildman–Crippen MR) is 95.7 cm³/mol. The zero-order valence-electron chi connectivity index (χ0n) is 14.2. The molecule has 0 fully saturated rings. The summed E-state index contributed by atoms with van der Waals surface area (Å²) in [5.41, 5.74) is 1.24. The molecule has 1 aliphatic rings. The first-order chi connectivity index (χ1) is 12.2. The molecule has 0 saturated carbocycles. The molecular weight excluding hydrogens is 370 g/mol. The van der Waals surface area contributed by atoms with E-state index in [1.807, 2.05) is 0 Å². The molecule has 2 rings (SSSR count). The lowest BCUT2D eigenvalue weighted by atomic mass is 10.3. The highest BCUT2D eigenvalue weighted by Gasteiger charge is 2.19. The first kappa shape index (κ1) is 21.7. The lowest BCUT2D eigenvalue weighted by Gasteiger charge is -2.09. The third-order valence-electron chi connectivity index (χ3n) is 2.82. The molecule has 0 saturated heterocycles. The zero-order chi connectivity index (χ0) is 19.7. The molecule has 1 aliphatic heterocycles. The van der Waals surface area contributed by atoms with Gasteiger partial charge in [-0.2, -0.15) is 18.6 Å². The number of aromatic nitrogens is 2. The van der Waals surface area contributed by atoms with Crippen molar-refractivity contribution in [3.05, 3.63) is 6.20 Å². The van der Waals surface area contributed by atoms with E-state index in [0.29, 0.717) is 36.1 Å². The number of hydrazone groups is 1. The van der Waals surface area contributed by atoms with E-state index in [-0.39, 0.29) is 13.2 Å². The summed E-state index contributed by atoms with van der Waals surface area (Å²) in [7, 11) is -1.11. The van der Waals surface area contributed by atoms with Gasteiger partial charge in [-0.05, 0) is 0 Å². The molecule has 146 valence electrons. The number of aliphatic hydroxyl groups excluding tert-OH is 2. The van der Waals surface area contributed by atoms with Crippen molar-refractivity contribution in [1.29, 1.82) is 0 Å². The number of anilines is 1. The molecule has 14 heteroatoms. The van der Waals surface area contributed by atoms with E-state index < -0.39 is 10.4 Å². The Hall–Kier alpha value is -2.39. The molecule has 0 radical (unpaired) electrons. The molecule has 0 aromatic carbocycles. The van der Waals surface area contributed by atoms with Crippen LogP contribution in [0.4, 0.5) is 11.5 Å². The van der Waals surface area contributed by atoms with Gasteiger partial charge in [0, 0.05) is 20.6 Å². The summed E-state index contributed by atoms with van der Waals surface area (Å²) in [6.07, 6.45) is 3.24. The first-order valence-corrected chi connectivity index (χ1v) is 8.65. The Labute approximate surface area is 150 Å². The van der Waals surface area contributed by atoms with Gasteiger partial charge in [-0.15, -0.1) is 0 Å². The number of hydrogen-bond donors (Lipinski definition) is 5. The third-order valence-corrected chi connectivity index (χ3v) is 2.82. The van der Waals surface area contributed by atoms with Gasteiger partial charge in [0.1, 0.15) is 17.2 Å². The topological polar surface area (TPSA) is 185 Å². The molecule has 0 atom stereocenters. The van der Waals surface area contributed by atoms with Crippen molar-refractivity contribution in [2.45, 2.75) is 0 Å². The Balaban J connectivity index is 0.000000597. The van der Waals surface area contributed by atoms with Gasteiger partial charge in [0.2, 0.25) is 0 Å². The molecule has 13 nitrogen and oxygen atoms in total. The number of hydrogen-bond acceptors (Lipinski definition) is 9. The lowest BCUT2D eigenvalue weighted by molar-refractivity contribution is 0.306. The van der Waals surface area contributed by atoms with Crippen LogP contribution in [0.25, 0.3) is 0 Å². The zero-order valence-corrected chi connectivity index (χ0v) is 15.0. The van der Waals surface area contributed by atoms with Gasteiger partial charge >= 0.3 is 10.4 Å². The number of nitrogens with zero attached hydrogens (tertiary/aromatic N) is 6. The molecule has 1 aromatic rings. The number of aryl methyl sites for hydroxylation is 1. The summed E-state index contributed by atoms with van der Waals surface area (Å²) in [6, 6.07) is 0. The van der Waals surface area contributed by atoms with E-state index >= 15 is 0 Å². The summed E-state index contributed by atoms with van der Waals surface area (Å²) in [5, 5.41) is 30.7. The summed E-state index contributed by atoms with van der Waals surface area (Å²) >= 11 is 0. The van der Waals surface area contributed by atoms with Crippen LogP contribution in [0.3, 0.4) is 0 Å². The Morgan fingerprint density at radius 2 is 1.88 bits per heavy atom. The van der Waals surface area contributed by atoms with E-state index in [0.717, 1.165) is 0 Å². The largest absolute Gasteiger partial charge is 0.395 e. The van der Waals surface area contributed by atoms with Crippen LogP contribution < -0.4 is 5.32 Å². The van der Waals surface area contributed by atoms with Crippen molar-refractivity contribution in [3.8, 4) is 0 Å². The van der Waals surface area contributed by atoms with E-state index in [4.69, 9.17) is 27.7 Å². The van der Waals surface area contributed by atoms with Crippen molar-refractivity contribution in [2.24, 2.45) is 22.1 Å². The van der Waals surface area contributed by atoms with Crippen LogP contribution in [0, 0.1) is 0 Å². The van der Waals surface area contributed by atoms with Gasteiger partial charge in [-0.25, -0.2) is 10.0 Å². The summed E-state index contributed by atoms with van der Waals surface area (Å²) in [4.78, 5) is 8.75. The normalized spacial score (nSPS) is 16.9. The second-order valence-electron chi connectivity index (χ2n) is 4.79. The van der Waals surface area contributed by atoms with Gasteiger partial charge in [0.15, 0.2) is 5.84 Å². The van der Waals surface area contributed by atoms with E-state index in [1.54, 1.807) is 36.2 Å². The molecule has 0 unspecified atom stereocenters. The maximum Gasteiger partial charge on any atom is 0.394 e. The Morgan fingerprint density at radius 3 is 2.46 bits per heavy atom. The highest BCUT2D eigenvalue weighted by atomic mass is 32.3. The molecule has 0 amide bonds. The first-order valence-electron chi connectivity index (χ1n) is 7.26. The van der Waals surface area contributed by atoms with Crippen LogP contribution in [0.15, 0.2) is 21.3 Å². The maximum atomic E-state index is 8.91. The number of amidine groups is 1. The van der Waals surface area contributed by atoms with Gasteiger partial charge < -0.3 is 15.5 Å². The van der Waals surface area contributed by atoms with Crippen LogP contribution >= 0.6 is 0 Å². The molecule has 1 aromatic heterocycles. The Morgan fingerprint density at radius 1 is 1.23 bits per heavy atom. The number of aliphatic imine (C=N–C) groups is 2. The molecule has 2 heterocycles. The average Bonchev–Trinajstić information content (AvgIpc) is 3.06. The fourth-order valence-electron chi connectivity index (χ4n) is 1.85. The van der Waals surface area contributed by atoms with E-state index in [1.165, 1.54) is 0 Å². The number of rotatable bonds is 6. The minimum atomic E-state index is -4.67. The van der Waals surface area contributed by atoms with Crippen LogP contribution in [-0.2, 0) is 17.4 Å². The highest BCUT2D eigenvalue weighted by Crippen LogP contribution is 2.24. The maximum absolute atomic E-state index is 8.91. The lowest BCUT2D eigenvalue weighted by Crippen LogP contribution is -2.24. The van der Waals surface area contributed by atoms with Crippen LogP contribution in [0.5, 0.6) is 0 Å². The van der Waals surface area contributed by atoms with Gasteiger partial charge in [0.05, 0.1) is 32.2 Å². The van der Waals surface area contributed by atoms with E-state index in [9.17, 15) is 0 Å². The second kappa shape index (κ2) is 9.93. The molecule has 0 spiro atoms. The fourth-order valence-corrected chi connectivity index (χ4v) is 1.85. The fraction of sp³-hybridized carbons (Fsp3) is 0.500. The van der Waals surface area contributed by atoms with Gasteiger partial charge in [-0.3, -0.25) is 18.8 Å². The van der Waals surface area contributed by atoms with Crippen LogP contribution in [0.2, 0.25) is 0 Å². The molecule has 0 aliphatic carbocycles. The summed E-state index contributed by atoms with van der Waals surface area (Å²) < 4.78 is 33.2. The summed E-state index contributed by atoms with van der Waals surface area (Å²) in [6.45, 7) is 0.705. The second-order valence-corrected chi connectivity index (χ2v) is 5.69. The standard InChI is InChI=1S/C12H19N7O2.H2O4S/c1-18-11(13-3-5-20)9(7-15-18)17-10-8-16-19(2)12(10)14-4-6-21;1-5(2,3)4/h7-8,13,20-21H,3-6H2,1-2H3;(H2,1,2,3,4). The van der Waals surface area contributed by atoms with E-state index in [2.05, 4.69) is 25.5 Å². The minimum Gasteiger partial charge on any atom is -0.395 e. The molecule has 0 bridgehead atoms. The predicted octanol–water partition coefficient (Wildman–Crippen LogP) is -1.43. The van der Waals surface area contributed by atoms with Crippen LogP contribution in [-0.4, -0.2) is 93.6 Å². The van der Waals surface area contributed by atoms with Gasteiger partial charge in [0.25, 0.3) is 0 Å². The Bertz CT molecular complexity index is 778. The van der Waals surface area contributed by atoms with Crippen LogP contribution in [0.1, 0.15) is 0 Å². The molecule has 26 heavy (non-hydrogen) atoms. The molecular formula is C12H21N7O6S. The van der Waals surface area contributed by atoms with Crippen molar-refractivity contribution in [3.63, 3.8) is 0 Å². The van der Waals surface area contributed by atoms with Crippen molar-refractivity contribution < 1.29 is 27.7 Å². The number of nitrogens with one attached hydrogen (secondary N) is 1. The van der Waals surface area contributed by atoms with Crippen molar-refractivity contribution in [2.75, 3.05) is 38.7 Å². The quantitative estimate of drug-likeness (QED) is 0.362. The van der Waals surface area contributed by atoms with Crippen molar-refractivity contribution in [1.82, 2.24) is 14.8 Å². The molecule has 5 N–H and O–H groups in total.